The zero-order chi connectivity index (χ0) is 20.1. The number of fused-ring (bicyclic) bond motifs is 1. The lowest BCUT2D eigenvalue weighted by Gasteiger charge is -2.36. The summed E-state index contributed by atoms with van der Waals surface area (Å²) < 4.78 is 22.1. The summed E-state index contributed by atoms with van der Waals surface area (Å²) in [4.78, 5) is 14.1. The molecule has 1 unspecified atom stereocenters. The maximum Gasteiger partial charge on any atom is 0.231 e. The van der Waals surface area contributed by atoms with Crippen molar-refractivity contribution >= 4 is 17.1 Å². The summed E-state index contributed by atoms with van der Waals surface area (Å²) in [6, 6.07) is 10.6. The summed E-state index contributed by atoms with van der Waals surface area (Å²) in [5, 5.41) is 0. The van der Waals surface area contributed by atoms with E-state index < -0.39 is 11.3 Å². The Morgan fingerprint density at radius 2 is 1.93 bits per heavy atom. The molecule has 0 bridgehead atoms. The van der Waals surface area contributed by atoms with E-state index in [1.54, 1.807) is 6.33 Å². The SMILES string of the molecule is O=S(O)NCCC1CCN(c2ncnc3c2CCN(Cc2ccccc2)C3)CC1. The molecule has 0 radical (unpaired) electrons. The minimum Gasteiger partial charge on any atom is -0.356 e. The Morgan fingerprint density at radius 3 is 2.69 bits per heavy atom. The third-order valence-electron chi connectivity index (χ3n) is 6.00. The van der Waals surface area contributed by atoms with Gasteiger partial charge in [0.25, 0.3) is 0 Å². The number of hydrogen-bond donors (Lipinski definition) is 2. The molecule has 29 heavy (non-hydrogen) atoms. The van der Waals surface area contributed by atoms with Gasteiger partial charge >= 0.3 is 0 Å². The highest BCUT2D eigenvalue weighted by molar-refractivity contribution is 7.77. The first-order valence-electron chi connectivity index (χ1n) is 10.4. The van der Waals surface area contributed by atoms with E-state index in [1.165, 1.54) is 11.1 Å². The second-order valence-corrected chi connectivity index (χ2v) is 8.72. The van der Waals surface area contributed by atoms with E-state index >= 15 is 0 Å². The fourth-order valence-corrected chi connectivity index (χ4v) is 4.72. The van der Waals surface area contributed by atoms with Gasteiger partial charge in [0.2, 0.25) is 11.3 Å². The number of benzene rings is 1. The molecule has 0 amide bonds. The second-order valence-electron chi connectivity index (χ2n) is 7.93. The number of piperidine rings is 1. The highest BCUT2D eigenvalue weighted by Gasteiger charge is 2.26. The Labute approximate surface area is 175 Å². The van der Waals surface area contributed by atoms with Gasteiger partial charge in [-0.15, -0.1) is 0 Å². The lowest BCUT2D eigenvalue weighted by Crippen LogP contribution is -2.38. The number of hydrogen-bond acceptors (Lipinski definition) is 5. The van der Waals surface area contributed by atoms with Crippen LogP contribution in [-0.4, -0.2) is 49.8 Å². The molecule has 1 atom stereocenters. The molecule has 8 heteroatoms. The first-order valence-corrected chi connectivity index (χ1v) is 11.5. The largest absolute Gasteiger partial charge is 0.356 e. The van der Waals surface area contributed by atoms with Crippen LogP contribution in [0.5, 0.6) is 0 Å². The molecule has 2 aromatic rings. The third kappa shape index (κ3) is 5.39. The number of rotatable bonds is 7. The maximum absolute atomic E-state index is 10.7. The number of nitrogens with zero attached hydrogens (tertiary/aromatic N) is 4. The normalized spacial score (nSPS) is 19.1. The second kappa shape index (κ2) is 9.75. The first kappa shape index (κ1) is 20.4. The van der Waals surface area contributed by atoms with Gasteiger partial charge in [-0.05, 0) is 37.2 Å². The van der Waals surface area contributed by atoms with E-state index in [2.05, 4.69) is 54.8 Å². The van der Waals surface area contributed by atoms with E-state index in [0.717, 1.165) is 69.9 Å². The quantitative estimate of drug-likeness (QED) is 0.676. The molecule has 2 aliphatic rings. The van der Waals surface area contributed by atoms with E-state index in [0.29, 0.717) is 12.5 Å². The van der Waals surface area contributed by atoms with Gasteiger partial charge in [0.05, 0.1) is 5.69 Å². The first-order chi connectivity index (χ1) is 14.2. The summed E-state index contributed by atoms with van der Waals surface area (Å²) in [5.41, 5.74) is 3.81. The molecule has 1 aromatic carbocycles. The van der Waals surface area contributed by atoms with Crippen molar-refractivity contribution < 1.29 is 8.76 Å². The summed E-state index contributed by atoms with van der Waals surface area (Å²) in [7, 11) is 0. The van der Waals surface area contributed by atoms with Crippen LogP contribution in [0.25, 0.3) is 0 Å². The van der Waals surface area contributed by atoms with Crippen LogP contribution in [0.1, 0.15) is 36.1 Å². The maximum atomic E-state index is 10.7. The van der Waals surface area contributed by atoms with Crippen molar-refractivity contribution in [3.05, 3.63) is 53.5 Å². The Kier molecular flexibility index (Phi) is 6.86. The van der Waals surface area contributed by atoms with Crippen molar-refractivity contribution in [1.82, 2.24) is 19.6 Å². The molecule has 1 fully saturated rings. The molecule has 2 aliphatic heterocycles. The Bertz CT molecular complexity index is 827. The lowest BCUT2D eigenvalue weighted by molar-refractivity contribution is 0.241. The average molecular weight is 416 g/mol. The van der Waals surface area contributed by atoms with E-state index in [4.69, 9.17) is 4.55 Å². The lowest BCUT2D eigenvalue weighted by atomic mass is 9.93. The third-order valence-corrected chi connectivity index (χ3v) is 6.46. The van der Waals surface area contributed by atoms with Crippen molar-refractivity contribution in [3.63, 3.8) is 0 Å². The average Bonchev–Trinajstić information content (AvgIpc) is 2.74. The topological polar surface area (TPSA) is 81.6 Å². The Morgan fingerprint density at radius 1 is 1.14 bits per heavy atom. The Hall–Kier alpha value is -1.87. The zero-order valence-electron chi connectivity index (χ0n) is 16.7. The molecule has 0 saturated carbocycles. The van der Waals surface area contributed by atoms with E-state index in [1.807, 2.05) is 0 Å². The molecule has 4 rings (SSSR count). The number of nitrogens with one attached hydrogen (secondary N) is 1. The molecule has 156 valence electrons. The van der Waals surface area contributed by atoms with Gasteiger partial charge in [-0.2, -0.15) is 0 Å². The van der Waals surface area contributed by atoms with Gasteiger partial charge in [-0.3, -0.25) is 9.45 Å². The van der Waals surface area contributed by atoms with Crippen LogP contribution in [0, 0.1) is 5.92 Å². The van der Waals surface area contributed by atoms with E-state index in [9.17, 15) is 4.21 Å². The van der Waals surface area contributed by atoms with Gasteiger partial charge in [0.15, 0.2) is 0 Å². The van der Waals surface area contributed by atoms with Gasteiger partial charge in [0.1, 0.15) is 12.1 Å². The highest BCUT2D eigenvalue weighted by Crippen LogP contribution is 2.30. The van der Waals surface area contributed by atoms with Crippen LogP contribution in [0.15, 0.2) is 36.7 Å². The van der Waals surface area contributed by atoms with Crippen molar-refractivity contribution in [2.24, 2.45) is 5.92 Å². The van der Waals surface area contributed by atoms with Gasteiger partial charge in [-0.25, -0.2) is 18.9 Å². The smallest absolute Gasteiger partial charge is 0.231 e. The van der Waals surface area contributed by atoms with Gasteiger partial charge < -0.3 is 4.90 Å². The van der Waals surface area contributed by atoms with Gasteiger partial charge in [-0.1, -0.05) is 30.3 Å². The van der Waals surface area contributed by atoms with Crippen LogP contribution in [-0.2, 0) is 30.8 Å². The predicted octanol–water partition coefficient (Wildman–Crippen LogP) is 2.37. The predicted molar refractivity (Wildman–Crippen MR) is 115 cm³/mol. The minimum absolute atomic E-state index is 0.591. The summed E-state index contributed by atoms with van der Waals surface area (Å²) in [5.74, 6) is 1.71. The van der Waals surface area contributed by atoms with Crippen molar-refractivity contribution in [2.75, 3.05) is 31.1 Å². The van der Waals surface area contributed by atoms with Crippen molar-refractivity contribution in [1.29, 1.82) is 0 Å². The fourth-order valence-electron chi connectivity index (χ4n) is 4.42. The Balaban J connectivity index is 1.35. The van der Waals surface area contributed by atoms with Gasteiger partial charge in [0, 0.05) is 44.8 Å². The summed E-state index contributed by atoms with van der Waals surface area (Å²) in [6.07, 6.45) is 5.84. The molecule has 1 saturated heterocycles. The molecular formula is C21H29N5O2S. The zero-order valence-corrected chi connectivity index (χ0v) is 17.5. The fraction of sp³-hybridized carbons (Fsp3) is 0.524. The van der Waals surface area contributed by atoms with Crippen LogP contribution in [0.4, 0.5) is 5.82 Å². The van der Waals surface area contributed by atoms with Crippen LogP contribution in [0.2, 0.25) is 0 Å². The van der Waals surface area contributed by atoms with Crippen LogP contribution < -0.4 is 9.62 Å². The van der Waals surface area contributed by atoms with Crippen LogP contribution in [0.3, 0.4) is 0 Å². The van der Waals surface area contributed by atoms with Crippen molar-refractivity contribution in [2.45, 2.75) is 38.8 Å². The molecule has 2 N–H and O–H groups in total. The standard InChI is InChI=1S/C21H29N5O2S/c27-29(28)24-10-6-17-7-12-26(13-8-17)21-19-9-11-25(15-20(19)22-16-23-21)14-18-4-2-1-3-5-18/h1-5,16-17,24H,6-15H2,(H,27,28). The highest BCUT2D eigenvalue weighted by atomic mass is 32.2. The molecule has 7 nitrogen and oxygen atoms in total. The van der Waals surface area contributed by atoms with Crippen LogP contribution >= 0.6 is 0 Å². The molecule has 1 aromatic heterocycles. The molecule has 0 aliphatic carbocycles. The van der Waals surface area contributed by atoms with E-state index in [-0.39, 0.29) is 0 Å². The minimum atomic E-state index is -1.91. The summed E-state index contributed by atoms with van der Waals surface area (Å²) >= 11 is -1.91. The monoisotopic (exact) mass is 415 g/mol. The van der Waals surface area contributed by atoms with Crippen molar-refractivity contribution in [3.8, 4) is 0 Å². The summed E-state index contributed by atoms with van der Waals surface area (Å²) in [6.45, 7) is 5.43. The number of aromatic nitrogens is 2. The molecular weight excluding hydrogens is 386 g/mol. The molecule has 0 spiro atoms. The number of anilines is 1. The molecule has 3 heterocycles.